The Morgan fingerprint density at radius 1 is 1.21 bits per heavy atom. The van der Waals surface area contributed by atoms with E-state index in [1.54, 1.807) is 30.5 Å². The van der Waals surface area contributed by atoms with E-state index >= 15 is 0 Å². The first-order chi connectivity index (χ1) is 11.7. The second-order valence-electron chi connectivity index (χ2n) is 5.48. The quantitative estimate of drug-likeness (QED) is 0.371. The van der Waals surface area contributed by atoms with Crippen LogP contribution in [0.5, 0.6) is 11.5 Å². The molecule has 3 rings (SSSR count). The van der Waals surface area contributed by atoms with Crippen molar-refractivity contribution in [3.05, 3.63) is 53.1 Å². The topological polar surface area (TPSA) is 59.9 Å². The number of nitrogens with one attached hydrogen (secondary N) is 1. The van der Waals surface area contributed by atoms with Crippen LogP contribution in [-0.2, 0) is 4.79 Å². The number of hydrogen-bond donors (Lipinski definition) is 1. The number of anilines is 1. The van der Waals surface area contributed by atoms with Gasteiger partial charge in [-0.15, -0.1) is 0 Å². The highest BCUT2D eigenvalue weighted by Crippen LogP contribution is 2.34. The minimum Gasteiger partial charge on any atom is -0.493 e. The number of nitrogens with zero attached hydrogens (tertiary/aromatic N) is 1. The van der Waals surface area contributed by atoms with E-state index in [9.17, 15) is 4.79 Å². The summed E-state index contributed by atoms with van der Waals surface area (Å²) in [6, 6.07) is 12.5. The van der Waals surface area contributed by atoms with Gasteiger partial charge in [-0.3, -0.25) is 10.2 Å². The Morgan fingerprint density at radius 3 is 2.62 bits per heavy atom. The molecule has 1 saturated carbocycles. The molecule has 5 nitrogen and oxygen atoms in total. The van der Waals surface area contributed by atoms with Crippen LogP contribution in [0.2, 0.25) is 5.02 Å². The summed E-state index contributed by atoms with van der Waals surface area (Å²) >= 11 is 5.83. The number of esters is 1. The van der Waals surface area contributed by atoms with E-state index in [2.05, 4.69) is 10.5 Å². The summed E-state index contributed by atoms with van der Waals surface area (Å²) < 4.78 is 10.7. The van der Waals surface area contributed by atoms with Crippen molar-refractivity contribution in [2.45, 2.75) is 12.8 Å². The fourth-order valence-corrected chi connectivity index (χ4v) is 2.19. The van der Waals surface area contributed by atoms with Crippen LogP contribution in [-0.4, -0.2) is 19.3 Å². The summed E-state index contributed by atoms with van der Waals surface area (Å²) in [5.74, 6) is 0.773. The third-order valence-corrected chi connectivity index (χ3v) is 3.81. The summed E-state index contributed by atoms with van der Waals surface area (Å²) in [7, 11) is 1.54. The molecule has 0 atom stereocenters. The zero-order valence-corrected chi connectivity index (χ0v) is 13.9. The molecule has 0 spiro atoms. The Labute approximate surface area is 145 Å². The molecule has 2 aromatic rings. The molecule has 1 N–H and O–H groups in total. The Morgan fingerprint density at radius 2 is 1.96 bits per heavy atom. The normalized spacial score (nSPS) is 13.8. The lowest BCUT2D eigenvalue weighted by atomic mass is 10.2. The van der Waals surface area contributed by atoms with Gasteiger partial charge in [0.15, 0.2) is 11.5 Å². The number of rotatable bonds is 6. The van der Waals surface area contributed by atoms with E-state index in [-0.39, 0.29) is 11.9 Å². The first-order valence-corrected chi connectivity index (χ1v) is 7.98. The van der Waals surface area contributed by atoms with Crippen molar-refractivity contribution in [1.29, 1.82) is 0 Å². The summed E-state index contributed by atoms with van der Waals surface area (Å²) in [4.78, 5) is 11.8. The average molecular weight is 345 g/mol. The highest BCUT2D eigenvalue weighted by atomic mass is 35.5. The lowest BCUT2D eigenvalue weighted by Gasteiger charge is -2.09. The molecular formula is C18H17ClN2O3. The number of ether oxygens (including phenoxy) is 2. The standard InChI is InChI=1S/C18H17ClN2O3/c1-23-17-10-12(2-9-16(17)24-18(22)13-3-4-13)11-20-21-15-7-5-14(19)6-8-15/h2,5-11,13,21H,3-4H2,1H3/b20-11-. The summed E-state index contributed by atoms with van der Waals surface area (Å²) in [5.41, 5.74) is 4.56. The molecule has 1 aliphatic rings. The van der Waals surface area contributed by atoms with Gasteiger partial charge in [0.05, 0.1) is 24.9 Å². The van der Waals surface area contributed by atoms with Gasteiger partial charge in [-0.05, 0) is 60.9 Å². The monoisotopic (exact) mass is 344 g/mol. The maximum absolute atomic E-state index is 11.8. The molecule has 0 aliphatic heterocycles. The molecule has 0 amide bonds. The van der Waals surface area contributed by atoms with E-state index in [1.165, 1.54) is 7.11 Å². The molecule has 0 radical (unpaired) electrons. The largest absolute Gasteiger partial charge is 0.493 e. The molecule has 1 fully saturated rings. The van der Waals surface area contributed by atoms with Gasteiger partial charge in [-0.25, -0.2) is 0 Å². The first-order valence-electron chi connectivity index (χ1n) is 7.60. The Hall–Kier alpha value is -2.53. The van der Waals surface area contributed by atoms with Gasteiger partial charge < -0.3 is 9.47 Å². The lowest BCUT2D eigenvalue weighted by Crippen LogP contribution is -2.10. The van der Waals surface area contributed by atoms with Gasteiger partial charge in [0.25, 0.3) is 0 Å². The maximum atomic E-state index is 11.8. The van der Waals surface area contributed by atoms with Crippen molar-refractivity contribution in [3.63, 3.8) is 0 Å². The molecule has 0 aromatic heterocycles. The second-order valence-corrected chi connectivity index (χ2v) is 5.92. The number of methoxy groups -OCH3 is 1. The summed E-state index contributed by atoms with van der Waals surface area (Å²) in [5, 5.41) is 4.84. The van der Waals surface area contributed by atoms with Crippen LogP contribution in [0.25, 0.3) is 0 Å². The first kappa shape index (κ1) is 16.3. The Balaban J connectivity index is 1.65. The second kappa shape index (κ2) is 7.36. The minimum atomic E-state index is -0.195. The average Bonchev–Trinajstić information content (AvgIpc) is 3.43. The predicted octanol–water partition coefficient (Wildman–Crippen LogP) is 4.11. The fourth-order valence-electron chi connectivity index (χ4n) is 2.07. The fraction of sp³-hybridized carbons (Fsp3) is 0.222. The van der Waals surface area contributed by atoms with Gasteiger partial charge >= 0.3 is 5.97 Å². The number of halogens is 1. The number of carbonyl (C=O) groups is 1. The van der Waals surface area contributed by atoms with E-state index < -0.39 is 0 Å². The van der Waals surface area contributed by atoms with Crippen LogP contribution in [0.1, 0.15) is 18.4 Å². The van der Waals surface area contributed by atoms with Gasteiger partial charge in [-0.1, -0.05) is 11.6 Å². The number of benzene rings is 2. The highest BCUT2D eigenvalue weighted by Gasteiger charge is 2.32. The third kappa shape index (κ3) is 4.26. The van der Waals surface area contributed by atoms with Crippen LogP contribution in [0, 0.1) is 5.92 Å². The van der Waals surface area contributed by atoms with Gasteiger partial charge in [0.2, 0.25) is 0 Å². The van der Waals surface area contributed by atoms with Crippen molar-refractivity contribution in [2.24, 2.45) is 11.0 Å². The van der Waals surface area contributed by atoms with Crippen molar-refractivity contribution in [1.82, 2.24) is 0 Å². The molecule has 24 heavy (non-hydrogen) atoms. The molecular weight excluding hydrogens is 328 g/mol. The zero-order chi connectivity index (χ0) is 16.9. The molecule has 0 heterocycles. The van der Waals surface area contributed by atoms with Crippen LogP contribution in [0.4, 0.5) is 5.69 Å². The Kier molecular flexibility index (Phi) is 5.01. The van der Waals surface area contributed by atoms with Crippen molar-refractivity contribution < 1.29 is 14.3 Å². The van der Waals surface area contributed by atoms with Crippen LogP contribution in [0.3, 0.4) is 0 Å². The predicted molar refractivity (Wildman–Crippen MR) is 94.0 cm³/mol. The van der Waals surface area contributed by atoms with E-state index in [4.69, 9.17) is 21.1 Å². The maximum Gasteiger partial charge on any atom is 0.314 e. The molecule has 1 aliphatic carbocycles. The summed E-state index contributed by atoms with van der Waals surface area (Å²) in [6.45, 7) is 0. The molecule has 0 saturated heterocycles. The van der Waals surface area contributed by atoms with E-state index in [0.29, 0.717) is 16.5 Å². The SMILES string of the molecule is COc1cc(/C=N\Nc2ccc(Cl)cc2)ccc1OC(=O)C1CC1. The van der Waals surface area contributed by atoms with Crippen molar-refractivity contribution in [3.8, 4) is 11.5 Å². The lowest BCUT2D eigenvalue weighted by molar-refractivity contribution is -0.135. The third-order valence-electron chi connectivity index (χ3n) is 3.56. The number of carbonyl (C=O) groups excluding carboxylic acids is 1. The molecule has 124 valence electrons. The number of hydrazone groups is 1. The van der Waals surface area contributed by atoms with E-state index in [0.717, 1.165) is 24.1 Å². The van der Waals surface area contributed by atoms with Crippen LogP contribution in [0.15, 0.2) is 47.6 Å². The van der Waals surface area contributed by atoms with Gasteiger partial charge in [0.1, 0.15) is 0 Å². The van der Waals surface area contributed by atoms with Gasteiger partial charge in [0, 0.05) is 5.02 Å². The van der Waals surface area contributed by atoms with Crippen molar-refractivity contribution in [2.75, 3.05) is 12.5 Å². The molecule has 6 heteroatoms. The molecule has 2 aromatic carbocycles. The Bertz CT molecular complexity index is 755. The zero-order valence-electron chi connectivity index (χ0n) is 13.2. The van der Waals surface area contributed by atoms with Crippen molar-refractivity contribution >= 4 is 29.5 Å². The van der Waals surface area contributed by atoms with Crippen LogP contribution < -0.4 is 14.9 Å². The summed E-state index contributed by atoms with van der Waals surface area (Å²) in [6.07, 6.45) is 3.47. The highest BCUT2D eigenvalue weighted by molar-refractivity contribution is 6.30. The molecule has 0 unspecified atom stereocenters. The van der Waals surface area contributed by atoms with E-state index in [1.807, 2.05) is 18.2 Å². The van der Waals surface area contributed by atoms with Crippen LogP contribution >= 0.6 is 11.6 Å². The smallest absolute Gasteiger partial charge is 0.314 e. The minimum absolute atomic E-state index is 0.0412. The molecule has 0 bridgehead atoms. The number of hydrogen-bond acceptors (Lipinski definition) is 5. The van der Waals surface area contributed by atoms with Gasteiger partial charge in [-0.2, -0.15) is 5.10 Å².